The monoisotopic (exact) mass is 820 g/mol. The van der Waals surface area contributed by atoms with E-state index in [2.05, 4.69) is 53.2 Å². The molecule has 1 spiro atoms. The molecular formula is C43H57BrN4O7. The Morgan fingerprint density at radius 1 is 1.05 bits per heavy atom. The minimum atomic E-state index is -1.38. The number of carbonyl (C=O) groups excluding carboxylic acids is 4. The zero-order chi connectivity index (χ0) is 40.0. The molecular weight excluding hydrogens is 764 g/mol. The number of benzene rings is 2. The lowest BCUT2D eigenvalue weighted by atomic mass is 9.70. The lowest BCUT2D eigenvalue weighted by Crippen LogP contribution is -2.60. The van der Waals surface area contributed by atoms with Crippen LogP contribution in [-0.2, 0) is 28.7 Å². The molecule has 0 saturated carbocycles. The molecule has 55 heavy (non-hydrogen) atoms. The molecule has 3 fully saturated rings. The molecule has 3 heterocycles. The number of rotatable bonds is 19. The number of nitrogens with one attached hydrogen (secondary N) is 1. The Kier molecular flexibility index (Phi) is 14.0. The number of carbonyl (C=O) groups is 4. The predicted octanol–water partition coefficient (Wildman–Crippen LogP) is 5.96. The van der Waals surface area contributed by atoms with Crippen molar-refractivity contribution in [1.29, 1.82) is 0 Å². The van der Waals surface area contributed by atoms with Gasteiger partial charge in [0, 0.05) is 42.3 Å². The third-order valence-electron chi connectivity index (χ3n) is 11.7. The van der Waals surface area contributed by atoms with Crippen LogP contribution in [-0.4, -0.2) is 94.6 Å². The highest BCUT2D eigenvalue weighted by atomic mass is 79.9. The van der Waals surface area contributed by atoms with E-state index in [1.54, 1.807) is 24.0 Å². The Morgan fingerprint density at radius 3 is 2.29 bits per heavy atom. The van der Waals surface area contributed by atoms with Crippen molar-refractivity contribution < 1.29 is 33.8 Å². The zero-order valence-corrected chi connectivity index (χ0v) is 34.3. The van der Waals surface area contributed by atoms with E-state index in [0.717, 1.165) is 18.8 Å². The van der Waals surface area contributed by atoms with Crippen molar-refractivity contribution >= 4 is 51.0 Å². The third-order valence-corrected chi connectivity index (χ3v) is 12.6. The molecule has 5 rings (SSSR count). The van der Waals surface area contributed by atoms with Crippen LogP contribution in [0.5, 0.6) is 0 Å². The van der Waals surface area contributed by atoms with Crippen LogP contribution in [0.1, 0.15) is 72.0 Å². The Hall–Kier alpha value is -4.00. The highest BCUT2D eigenvalue weighted by Gasteiger charge is 2.78. The van der Waals surface area contributed by atoms with Crippen LogP contribution in [0.3, 0.4) is 0 Å². The molecule has 3 saturated heterocycles. The van der Waals surface area contributed by atoms with E-state index in [1.165, 1.54) is 4.90 Å². The van der Waals surface area contributed by atoms with E-state index in [4.69, 9.17) is 9.47 Å². The fourth-order valence-electron chi connectivity index (χ4n) is 8.76. The number of aliphatic hydroxyl groups excluding tert-OH is 1. The van der Waals surface area contributed by atoms with Crippen LogP contribution in [0, 0.1) is 17.8 Å². The fraction of sp³-hybridized carbons (Fsp3) is 0.535. The first kappa shape index (κ1) is 42.1. The van der Waals surface area contributed by atoms with Gasteiger partial charge in [-0.2, -0.15) is 0 Å². The summed E-state index contributed by atoms with van der Waals surface area (Å²) in [5, 5.41) is 13.8. The number of hydrogen-bond donors (Lipinski definition) is 2. The number of amides is 3. The summed E-state index contributed by atoms with van der Waals surface area (Å²) in [6.07, 6.45) is 3.36. The molecule has 3 aliphatic heterocycles. The quantitative estimate of drug-likeness (QED) is 0.101. The third kappa shape index (κ3) is 8.14. The lowest BCUT2D eigenvalue weighted by molar-refractivity contribution is -0.162. The molecule has 1 unspecified atom stereocenters. The van der Waals surface area contributed by atoms with Gasteiger partial charge in [-0.15, -0.1) is 13.2 Å². The van der Waals surface area contributed by atoms with E-state index < -0.39 is 59.6 Å². The number of allylic oxidation sites excluding steroid dienone is 1. The minimum Gasteiger partial charge on any atom is -0.455 e. The first-order chi connectivity index (χ1) is 26.4. The van der Waals surface area contributed by atoms with Crippen LogP contribution < -0.4 is 15.1 Å². The molecule has 2 aromatic carbocycles. The van der Waals surface area contributed by atoms with Gasteiger partial charge in [-0.25, -0.2) is 0 Å². The smallest absolute Gasteiger partial charge is 0.313 e. The number of ether oxygens (including phenoxy) is 2. The molecule has 298 valence electrons. The SMILES string of the molecule is C=CCCC(=O)N[C@H](C)[C@@H](OC(=O)[C@@H]1[C@H]2O[C@@]3(CC2Br)[C@H](C(=O)N(CC=C)c2ccc(N(CC)CC)cc2)N([C@@H](CO)[C@@H](C)CC)C(=O)[C@@H]13)c1ccccc1. The van der Waals surface area contributed by atoms with Crippen molar-refractivity contribution in [3.05, 3.63) is 85.5 Å². The summed E-state index contributed by atoms with van der Waals surface area (Å²) in [6.45, 7) is 19.0. The lowest BCUT2D eigenvalue weighted by Gasteiger charge is -2.41. The van der Waals surface area contributed by atoms with Gasteiger partial charge in [0.1, 0.15) is 17.7 Å². The standard InChI is InChI=1S/C43H57BrN4O7/c1-8-13-19-34(50)45-28(7)37(29-17-15-14-16-18-29)54-42(53)35-36-40(51)48(33(26-49)27(6)10-3)39(43(36)25-32(44)38(35)55-43)41(52)47(24-9-2)31-22-20-30(21-23-31)46(11-4)12-5/h8-9,14-18,20-23,27-28,32-33,35-39,49H,1-2,10-13,19,24-26H2,3-7H3,(H,45,50)/t27-,28+,32?,33-,35-,36+,37+,38-,39-,43+/m0/s1. The topological polar surface area (TPSA) is 129 Å². The molecule has 2 bridgehead atoms. The van der Waals surface area contributed by atoms with Crippen molar-refractivity contribution in [2.75, 3.05) is 36.0 Å². The fourth-order valence-corrected chi connectivity index (χ4v) is 9.70. The van der Waals surface area contributed by atoms with Crippen molar-refractivity contribution in [1.82, 2.24) is 10.2 Å². The van der Waals surface area contributed by atoms with Gasteiger partial charge in [-0.05, 0) is 69.4 Å². The number of anilines is 2. The van der Waals surface area contributed by atoms with Crippen LogP contribution in [0.4, 0.5) is 11.4 Å². The number of fused-ring (bicyclic) bond motifs is 1. The van der Waals surface area contributed by atoms with E-state index in [1.807, 2.05) is 68.4 Å². The maximum atomic E-state index is 15.2. The van der Waals surface area contributed by atoms with E-state index >= 15 is 9.59 Å². The van der Waals surface area contributed by atoms with Crippen molar-refractivity contribution in [2.45, 2.75) is 101 Å². The molecule has 2 aromatic rings. The summed E-state index contributed by atoms with van der Waals surface area (Å²) in [7, 11) is 0. The van der Waals surface area contributed by atoms with Crippen LogP contribution in [0.2, 0.25) is 0 Å². The number of likely N-dealkylation sites (tertiary alicyclic amines) is 1. The van der Waals surface area contributed by atoms with Gasteiger partial charge >= 0.3 is 5.97 Å². The molecule has 0 aliphatic carbocycles. The van der Waals surface area contributed by atoms with Gasteiger partial charge in [0.05, 0.1) is 36.6 Å². The highest BCUT2D eigenvalue weighted by Crippen LogP contribution is 2.61. The van der Waals surface area contributed by atoms with Gasteiger partial charge in [0.2, 0.25) is 11.8 Å². The summed E-state index contributed by atoms with van der Waals surface area (Å²) in [6, 6.07) is 14.5. The first-order valence-corrected chi connectivity index (χ1v) is 20.5. The van der Waals surface area contributed by atoms with Gasteiger partial charge in [-0.1, -0.05) is 78.7 Å². The highest BCUT2D eigenvalue weighted by molar-refractivity contribution is 9.09. The predicted molar refractivity (Wildman–Crippen MR) is 218 cm³/mol. The summed E-state index contributed by atoms with van der Waals surface area (Å²) in [5.41, 5.74) is 0.947. The number of nitrogens with zero attached hydrogens (tertiary/aromatic N) is 3. The number of aliphatic hydroxyl groups is 1. The van der Waals surface area contributed by atoms with Crippen LogP contribution in [0.25, 0.3) is 0 Å². The van der Waals surface area contributed by atoms with Gasteiger partial charge in [0.25, 0.3) is 5.91 Å². The first-order valence-electron chi connectivity index (χ1n) is 19.6. The Morgan fingerprint density at radius 2 is 1.71 bits per heavy atom. The summed E-state index contributed by atoms with van der Waals surface area (Å²) >= 11 is 3.77. The summed E-state index contributed by atoms with van der Waals surface area (Å²) in [5.74, 6) is -3.92. The van der Waals surface area contributed by atoms with Crippen molar-refractivity contribution in [3.8, 4) is 0 Å². The molecule has 3 aliphatic rings. The van der Waals surface area contributed by atoms with E-state index in [-0.39, 0.29) is 42.1 Å². The average Bonchev–Trinajstić information content (AvgIpc) is 3.79. The van der Waals surface area contributed by atoms with E-state index in [0.29, 0.717) is 30.5 Å². The second-order valence-corrected chi connectivity index (χ2v) is 16.1. The zero-order valence-electron chi connectivity index (χ0n) is 32.7. The van der Waals surface area contributed by atoms with Crippen LogP contribution in [0.15, 0.2) is 79.9 Å². The number of halogens is 1. The Labute approximate surface area is 334 Å². The number of alkyl halides is 1. The molecule has 10 atom stereocenters. The molecule has 2 N–H and O–H groups in total. The second kappa shape index (κ2) is 18.3. The number of esters is 1. The molecule has 0 radical (unpaired) electrons. The van der Waals surface area contributed by atoms with E-state index in [9.17, 15) is 14.7 Å². The van der Waals surface area contributed by atoms with Gasteiger partial charge < -0.3 is 34.6 Å². The Balaban J connectivity index is 1.55. The molecule has 12 heteroatoms. The molecule has 0 aromatic heterocycles. The van der Waals surface area contributed by atoms with Gasteiger partial charge in [-0.3, -0.25) is 19.2 Å². The molecule has 11 nitrogen and oxygen atoms in total. The normalized spacial score (nSPS) is 26.1. The average molecular weight is 822 g/mol. The maximum absolute atomic E-state index is 15.2. The molecule has 3 amide bonds. The van der Waals surface area contributed by atoms with Crippen molar-refractivity contribution in [3.63, 3.8) is 0 Å². The van der Waals surface area contributed by atoms with Crippen LogP contribution >= 0.6 is 15.9 Å². The maximum Gasteiger partial charge on any atom is 0.313 e. The minimum absolute atomic E-state index is 0.164. The largest absolute Gasteiger partial charge is 0.455 e. The summed E-state index contributed by atoms with van der Waals surface area (Å²) < 4.78 is 13.1. The van der Waals surface area contributed by atoms with Crippen molar-refractivity contribution in [2.24, 2.45) is 17.8 Å². The van der Waals surface area contributed by atoms with Gasteiger partial charge in [0.15, 0.2) is 0 Å². The Bertz CT molecular complexity index is 1690. The summed E-state index contributed by atoms with van der Waals surface area (Å²) in [4.78, 5) is 62.6. The number of hydrogen-bond acceptors (Lipinski definition) is 8. The second-order valence-electron chi connectivity index (χ2n) is 14.9.